The minimum absolute atomic E-state index is 0.286. The van der Waals surface area contributed by atoms with Crippen LogP contribution >= 0.6 is 0 Å². The number of imidazole rings is 1. The Hall–Kier alpha value is -1.40. The fraction of sp³-hybridized carbons (Fsp3) is 0.333. The molecule has 6 heteroatoms. The zero-order valence-corrected chi connectivity index (χ0v) is 6.28. The van der Waals surface area contributed by atoms with Crippen LogP contribution in [-0.2, 0) is 11.2 Å². The number of carbonyl (C=O) groups is 1. The second-order valence-electron chi connectivity index (χ2n) is 2.35. The molecule has 12 heavy (non-hydrogen) atoms. The van der Waals surface area contributed by atoms with Crippen LogP contribution in [0.15, 0.2) is 12.5 Å². The van der Waals surface area contributed by atoms with Crippen molar-refractivity contribution in [1.29, 1.82) is 0 Å². The normalized spacial score (nSPS) is 12.5. The fourth-order valence-corrected chi connectivity index (χ4v) is 0.802. The molecule has 66 valence electrons. The summed E-state index contributed by atoms with van der Waals surface area (Å²) in [6.45, 7) is 0. The Balaban J connectivity index is 2.47. The highest BCUT2D eigenvalue weighted by molar-refractivity contribution is 5.81. The lowest BCUT2D eigenvalue weighted by atomic mass is 10.2. The number of H-pyrrole nitrogens is 1. The van der Waals surface area contributed by atoms with Crippen LogP contribution in [-0.4, -0.2) is 21.9 Å². The number of nitrogens with two attached hydrogens (primary N) is 1. The van der Waals surface area contributed by atoms with E-state index >= 15 is 0 Å². The minimum Gasteiger partial charge on any atom is -0.759 e. The van der Waals surface area contributed by atoms with E-state index in [1.54, 1.807) is 6.20 Å². The molecule has 0 saturated heterocycles. The molecule has 0 radical (unpaired) electrons. The molecular formula is C6H9N4O2-. The van der Waals surface area contributed by atoms with Crippen LogP contribution in [0.1, 0.15) is 5.69 Å². The van der Waals surface area contributed by atoms with Gasteiger partial charge in [-0.05, 0) is 0 Å². The first kappa shape index (κ1) is 8.69. The van der Waals surface area contributed by atoms with Gasteiger partial charge in [0.25, 0.3) is 0 Å². The number of nitrogens with zero attached hydrogens (tertiary/aromatic N) is 1. The molecule has 0 aliphatic carbocycles. The summed E-state index contributed by atoms with van der Waals surface area (Å²) in [5.41, 5.74) is 7.32. The summed E-state index contributed by atoms with van der Waals surface area (Å²) in [5, 5.41) is 9.89. The van der Waals surface area contributed by atoms with E-state index in [9.17, 15) is 10.0 Å². The Morgan fingerprint density at radius 1 is 1.92 bits per heavy atom. The molecule has 1 rings (SSSR count). The average Bonchev–Trinajstić information content (AvgIpc) is 2.55. The first-order valence-electron chi connectivity index (χ1n) is 3.39. The third kappa shape index (κ3) is 2.04. The molecule has 1 aromatic heterocycles. The predicted octanol–water partition coefficient (Wildman–Crippen LogP) is -1.11. The maximum atomic E-state index is 10.7. The van der Waals surface area contributed by atoms with Crippen LogP contribution in [0.4, 0.5) is 0 Å². The Kier molecular flexibility index (Phi) is 2.78. The summed E-state index contributed by atoms with van der Waals surface area (Å²) in [6, 6.07) is -0.817. The van der Waals surface area contributed by atoms with E-state index in [2.05, 4.69) is 9.97 Å². The number of nitrogens with one attached hydrogen (secondary N) is 2. The van der Waals surface area contributed by atoms with E-state index < -0.39 is 11.9 Å². The highest BCUT2D eigenvalue weighted by atomic mass is 16.5. The van der Waals surface area contributed by atoms with Gasteiger partial charge in [0.05, 0.1) is 12.4 Å². The summed E-state index contributed by atoms with van der Waals surface area (Å²) in [7, 11) is 0. The van der Waals surface area contributed by atoms with Crippen LogP contribution < -0.4 is 11.2 Å². The molecule has 1 unspecified atom stereocenters. The van der Waals surface area contributed by atoms with E-state index in [4.69, 9.17) is 5.73 Å². The molecule has 0 spiro atoms. The molecule has 4 N–H and O–H groups in total. The Morgan fingerprint density at radius 3 is 3.17 bits per heavy atom. The van der Waals surface area contributed by atoms with Gasteiger partial charge in [0.1, 0.15) is 0 Å². The number of hydrogen-bond acceptors (Lipinski definition) is 4. The summed E-state index contributed by atoms with van der Waals surface area (Å²) in [5.74, 6) is -0.718. The SMILES string of the molecule is NC(Cc1cnc[nH]1)C(=O)N[O-]. The molecule has 6 nitrogen and oxygen atoms in total. The standard InChI is InChI=1S/C6H9N4O2/c7-5(6(11)10-12)1-4-2-8-3-9-4/h2-3,5H,1,7H2,(H2-,8,9,10,11,12)/q-1. The molecule has 1 aromatic rings. The lowest BCUT2D eigenvalue weighted by Gasteiger charge is -2.12. The fourth-order valence-electron chi connectivity index (χ4n) is 0.802. The highest BCUT2D eigenvalue weighted by Crippen LogP contribution is 1.95. The Morgan fingerprint density at radius 2 is 2.67 bits per heavy atom. The van der Waals surface area contributed by atoms with Gasteiger partial charge in [-0.25, -0.2) is 4.98 Å². The third-order valence-corrected chi connectivity index (χ3v) is 1.43. The number of hydrogen-bond donors (Lipinski definition) is 3. The summed E-state index contributed by atoms with van der Waals surface area (Å²) < 4.78 is 0. The van der Waals surface area contributed by atoms with Crippen LogP contribution in [0, 0.1) is 5.21 Å². The van der Waals surface area contributed by atoms with E-state index in [0.29, 0.717) is 0 Å². The molecule has 1 amide bonds. The van der Waals surface area contributed by atoms with Crippen molar-refractivity contribution >= 4 is 5.91 Å². The van der Waals surface area contributed by atoms with Gasteiger partial charge in [-0.1, -0.05) is 0 Å². The number of carbonyl (C=O) groups excluding carboxylic acids is 1. The van der Waals surface area contributed by atoms with Gasteiger partial charge in [-0.3, -0.25) is 4.79 Å². The van der Waals surface area contributed by atoms with Gasteiger partial charge in [0, 0.05) is 18.3 Å². The summed E-state index contributed by atoms with van der Waals surface area (Å²) in [6.07, 6.45) is 3.32. The quantitative estimate of drug-likeness (QED) is 0.499. The van der Waals surface area contributed by atoms with Crippen molar-refractivity contribution in [2.45, 2.75) is 12.5 Å². The maximum Gasteiger partial charge on any atom is 0.226 e. The van der Waals surface area contributed by atoms with Crippen molar-refractivity contribution in [1.82, 2.24) is 15.4 Å². The van der Waals surface area contributed by atoms with Crippen LogP contribution in [0.3, 0.4) is 0 Å². The van der Waals surface area contributed by atoms with Crippen LogP contribution in [0.5, 0.6) is 0 Å². The van der Waals surface area contributed by atoms with Gasteiger partial charge in [0.15, 0.2) is 0 Å². The third-order valence-electron chi connectivity index (χ3n) is 1.43. The van der Waals surface area contributed by atoms with E-state index in [-0.39, 0.29) is 6.42 Å². The zero-order valence-electron chi connectivity index (χ0n) is 6.28. The second-order valence-corrected chi connectivity index (χ2v) is 2.35. The predicted molar refractivity (Wildman–Crippen MR) is 41.8 cm³/mol. The first-order valence-corrected chi connectivity index (χ1v) is 3.39. The second kappa shape index (κ2) is 3.84. The number of amides is 1. The molecule has 1 atom stereocenters. The van der Waals surface area contributed by atoms with Gasteiger partial charge in [0.2, 0.25) is 5.91 Å². The maximum absolute atomic E-state index is 10.7. The number of aromatic amines is 1. The minimum atomic E-state index is -0.817. The number of aromatic nitrogens is 2. The van der Waals surface area contributed by atoms with Crippen molar-refractivity contribution in [3.8, 4) is 0 Å². The largest absolute Gasteiger partial charge is 0.759 e. The van der Waals surface area contributed by atoms with E-state index in [1.165, 1.54) is 11.8 Å². The average molecular weight is 169 g/mol. The topological polar surface area (TPSA) is 107 Å². The molecule has 0 aromatic carbocycles. The molecule has 0 fully saturated rings. The van der Waals surface area contributed by atoms with Crippen molar-refractivity contribution in [3.05, 3.63) is 23.4 Å². The van der Waals surface area contributed by atoms with Gasteiger partial charge >= 0.3 is 0 Å². The van der Waals surface area contributed by atoms with Crippen LogP contribution in [0.2, 0.25) is 0 Å². The van der Waals surface area contributed by atoms with Gasteiger partial charge in [-0.2, -0.15) is 0 Å². The molecule has 1 heterocycles. The van der Waals surface area contributed by atoms with Crippen molar-refractivity contribution in [2.75, 3.05) is 0 Å². The highest BCUT2D eigenvalue weighted by Gasteiger charge is 2.10. The Labute approximate surface area is 68.8 Å². The lowest BCUT2D eigenvalue weighted by molar-refractivity contribution is -0.121. The molecule has 0 bridgehead atoms. The number of hydroxylamine groups is 1. The lowest BCUT2D eigenvalue weighted by Crippen LogP contribution is -2.39. The molecule has 0 saturated carbocycles. The van der Waals surface area contributed by atoms with E-state index in [0.717, 1.165) is 5.69 Å². The van der Waals surface area contributed by atoms with Crippen molar-refractivity contribution in [2.24, 2.45) is 5.73 Å². The van der Waals surface area contributed by atoms with Gasteiger partial charge in [-0.15, -0.1) is 0 Å². The Bertz CT molecular complexity index is 246. The van der Waals surface area contributed by atoms with Crippen LogP contribution in [0.25, 0.3) is 0 Å². The monoisotopic (exact) mass is 169 g/mol. The van der Waals surface area contributed by atoms with Crippen molar-refractivity contribution in [3.63, 3.8) is 0 Å². The number of rotatable bonds is 3. The zero-order chi connectivity index (χ0) is 8.97. The summed E-state index contributed by atoms with van der Waals surface area (Å²) in [4.78, 5) is 17.2. The summed E-state index contributed by atoms with van der Waals surface area (Å²) >= 11 is 0. The molecular weight excluding hydrogens is 160 g/mol. The molecule has 0 aliphatic rings. The van der Waals surface area contributed by atoms with E-state index in [1.807, 2.05) is 0 Å². The van der Waals surface area contributed by atoms with Gasteiger partial charge < -0.3 is 21.4 Å². The molecule has 0 aliphatic heterocycles. The van der Waals surface area contributed by atoms with Crippen molar-refractivity contribution < 1.29 is 4.79 Å². The first-order chi connectivity index (χ1) is 5.74. The smallest absolute Gasteiger partial charge is 0.226 e.